The highest BCUT2D eigenvalue weighted by Crippen LogP contribution is 2.30. The number of piperazine rings is 1. The summed E-state index contributed by atoms with van der Waals surface area (Å²) in [6, 6.07) is 15.5. The van der Waals surface area contributed by atoms with Crippen LogP contribution < -0.4 is 19.1 Å². The van der Waals surface area contributed by atoms with E-state index in [1.807, 2.05) is 18.2 Å². The number of ether oxygens (including phenoxy) is 2. The summed E-state index contributed by atoms with van der Waals surface area (Å²) in [5, 5.41) is 8.75. The van der Waals surface area contributed by atoms with Gasteiger partial charge in [0.15, 0.2) is 5.82 Å². The second-order valence-corrected chi connectivity index (χ2v) is 9.42. The van der Waals surface area contributed by atoms with Crippen LogP contribution in [0.25, 0.3) is 11.3 Å². The van der Waals surface area contributed by atoms with E-state index in [-0.39, 0.29) is 10.6 Å². The molecule has 0 amide bonds. The Morgan fingerprint density at radius 2 is 1.70 bits per heavy atom. The molecule has 10 heteroatoms. The lowest BCUT2D eigenvalue weighted by molar-refractivity contribution is 0.312. The highest BCUT2D eigenvalue weighted by molar-refractivity contribution is 7.92. The van der Waals surface area contributed by atoms with Gasteiger partial charge >= 0.3 is 0 Å². The summed E-state index contributed by atoms with van der Waals surface area (Å²) in [7, 11) is 1.15. The fourth-order valence-corrected chi connectivity index (χ4v) is 4.83. The number of nitrogens with zero attached hydrogens (tertiary/aromatic N) is 4. The van der Waals surface area contributed by atoms with E-state index in [0.717, 1.165) is 37.6 Å². The maximum absolute atomic E-state index is 13.0. The minimum atomic E-state index is -3.88. The normalized spacial score (nSPS) is 14.7. The van der Waals surface area contributed by atoms with Crippen LogP contribution >= 0.6 is 0 Å². The van der Waals surface area contributed by atoms with Crippen molar-refractivity contribution >= 4 is 21.5 Å². The van der Waals surface area contributed by atoms with Gasteiger partial charge in [-0.2, -0.15) is 0 Å². The third-order valence-corrected chi connectivity index (χ3v) is 6.97. The number of rotatable bonds is 7. The standard InChI is InChI=1S/C23H27N5O4S/c1-27-11-13-28(14-12-27)23-10-8-20(24-25-23)17-5-4-6-18(15-17)26-33(29,30)22-9-7-19(31-2)16-21(22)32-3/h4-10,15-16,26H,11-14H2,1-3H3. The summed E-state index contributed by atoms with van der Waals surface area (Å²) in [6.07, 6.45) is 0. The Kier molecular flexibility index (Phi) is 6.66. The van der Waals surface area contributed by atoms with Gasteiger partial charge in [0, 0.05) is 43.5 Å². The molecule has 0 saturated carbocycles. The van der Waals surface area contributed by atoms with Crippen LogP contribution in [0.2, 0.25) is 0 Å². The number of likely N-dealkylation sites (N-methyl/N-ethyl adjacent to an activating group) is 1. The molecule has 1 aliphatic heterocycles. The van der Waals surface area contributed by atoms with Gasteiger partial charge in [-0.3, -0.25) is 4.72 Å². The molecule has 0 spiro atoms. The summed E-state index contributed by atoms with van der Waals surface area (Å²) in [6.45, 7) is 3.81. The monoisotopic (exact) mass is 469 g/mol. The highest BCUT2D eigenvalue weighted by Gasteiger charge is 2.21. The molecule has 33 heavy (non-hydrogen) atoms. The summed E-state index contributed by atoms with van der Waals surface area (Å²) >= 11 is 0. The molecule has 4 rings (SSSR count). The van der Waals surface area contributed by atoms with Crippen LogP contribution in [-0.2, 0) is 10.0 Å². The minimum Gasteiger partial charge on any atom is -0.497 e. The van der Waals surface area contributed by atoms with E-state index in [4.69, 9.17) is 9.47 Å². The molecule has 1 saturated heterocycles. The maximum Gasteiger partial charge on any atom is 0.265 e. The first-order valence-electron chi connectivity index (χ1n) is 10.5. The van der Waals surface area contributed by atoms with Crippen LogP contribution in [0, 0.1) is 0 Å². The van der Waals surface area contributed by atoms with E-state index in [1.54, 1.807) is 24.3 Å². The van der Waals surface area contributed by atoms with Crippen LogP contribution in [0.15, 0.2) is 59.5 Å². The Morgan fingerprint density at radius 1 is 0.909 bits per heavy atom. The van der Waals surface area contributed by atoms with Crippen LogP contribution in [-0.4, -0.2) is 71.0 Å². The van der Waals surface area contributed by atoms with E-state index in [9.17, 15) is 8.42 Å². The molecule has 1 fully saturated rings. The summed E-state index contributed by atoms with van der Waals surface area (Å²) < 4.78 is 39.0. The minimum absolute atomic E-state index is 0.0209. The van der Waals surface area contributed by atoms with Gasteiger partial charge < -0.3 is 19.3 Å². The quantitative estimate of drug-likeness (QED) is 0.564. The van der Waals surface area contributed by atoms with Gasteiger partial charge in [0.1, 0.15) is 16.4 Å². The van der Waals surface area contributed by atoms with Gasteiger partial charge in [-0.25, -0.2) is 8.42 Å². The van der Waals surface area contributed by atoms with E-state index in [1.165, 1.54) is 26.4 Å². The average Bonchev–Trinajstić information content (AvgIpc) is 2.84. The largest absolute Gasteiger partial charge is 0.497 e. The molecule has 0 bridgehead atoms. The van der Waals surface area contributed by atoms with Crippen LogP contribution in [0.5, 0.6) is 11.5 Å². The molecule has 0 atom stereocenters. The first-order valence-corrected chi connectivity index (χ1v) is 12.0. The van der Waals surface area contributed by atoms with Gasteiger partial charge in [-0.1, -0.05) is 12.1 Å². The molecular weight excluding hydrogens is 442 g/mol. The second kappa shape index (κ2) is 9.63. The molecule has 1 aromatic heterocycles. The first kappa shape index (κ1) is 22.8. The number of methoxy groups -OCH3 is 2. The SMILES string of the molecule is COc1ccc(S(=O)(=O)Nc2cccc(-c3ccc(N4CCN(C)CC4)nn3)c2)c(OC)c1. The third kappa shape index (κ3) is 5.18. The molecule has 3 aromatic rings. The molecule has 1 N–H and O–H groups in total. The third-order valence-electron chi connectivity index (χ3n) is 5.55. The Bertz CT molecular complexity index is 1210. The number of sulfonamides is 1. The topological polar surface area (TPSA) is 96.9 Å². The van der Waals surface area contributed by atoms with Crippen molar-refractivity contribution in [3.63, 3.8) is 0 Å². The van der Waals surface area contributed by atoms with Gasteiger partial charge in [0.05, 0.1) is 19.9 Å². The van der Waals surface area contributed by atoms with Crippen molar-refractivity contribution in [2.75, 3.05) is 57.1 Å². The molecule has 0 unspecified atom stereocenters. The van der Waals surface area contributed by atoms with Crippen LogP contribution in [0.4, 0.5) is 11.5 Å². The Labute approximate surface area is 194 Å². The van der Waals surface area contributed by atoms with Crippen LogP contribution in [0.3, 0.4) is 0 Å². The Balaban J connectivity index is 1.53. The van der Waals surface area contributed by atoms with Crippen molar-refractivity contribution in [1.82, 2.24) is 15.1 Å². The molecular formula is C23H27N5O4S. The van der Waals surface area contributed by atoms with Gasteiger partial charge in [-0.15, -0.1) is 10.2 Å². The van der Waals surface area contributed by atoms with Gasteiger partial charge in [-0.05, 0) is 43.4 Å². The number of benzene rings is 2. The first-order chi connectivity index (χ1) is 15.9. The maximum atomic E-state index is 13.0. The lowest BCUT2D eigenvalue weighted by Crippen LogP contribution is -2.44. The molecule has 1 aliphatic rings. The summed E-state index contributed by atoms with van der Waals surface area (Å²) in [5.41, 5.74) is 1.83. The number of nitrogens with one attached hydrogen (secondary N) is 1. The number of hydrogen-bond donors (Lipinski definition) is 1. The fourth-order valence-electron chi connectivity index (χ4n) is 3.63. The molecule has 2 heterocycles. The molecule has 0 aliphatic carbocycles. The predicted octanol–water partition coefficient (Wildman–Crippen LogP) is 2.71. The average molecular weight is 470 g/mol. The zero-order chi connectivity index (χ0) is 23.4. The highest BCUT2D eigenvalue weighted by atomic mass is 32.2. The Hall–Kier alpha value is -3.37. The van der Waals surface area contributed by atoms with E-state index in [2.05, 4.69) is 31.8 Å². The van der Waals surface area contributed by atoms with Crippen molar-refractivity contribution in [2.45, 2.75) is 4.90 Å². The van der Waals surface area contributed by atoms with Crippen molar-refractivity contribution in [3.05, 3.63) is 54.6 Å². The number of anilines is 2. The summed E-state index contributed by atoms with van der Waals surface area (Å²) in [4.78, 5) is 4.52. The molecule has 9 nitrogen and oxygen atoms in total. The predicted molar refractivity (Wildman–Crippen MR) is 128 cm³/mol. The number of aromatic nitrogens is 2. The van der Waals surface area contributed by atoms with Crippen molar-refractivity contribution in [2.24, 2.45) is 0 Å². The zero-order valence-electron chi connectivity index (χ0n) is 18.9. The van der Waals surface area contributed by atoms with E-state index < -0.39 is 10.0 Å². The Morgan fingerprint density at radius 3 is 2.36 bits per heavy atom. The lowest BCUT2D eigenvalue weighted by atomic mass is 10.1. The van der Waals surface area contributed by atoms with E-state index in [0.29, 0.717) is 17.1 Å². The van der Waals surface area contributed by atoms with Crippen molar-refractivity contribution in [1.29, 1.82) is 0 Å². The lowest BCUT2D eigenvalue weighted by Gasteiger charge is -2.32. The summed E-state index contributed by atoms with van der Waals surface area (Å²) in [5.74, 6) is 1.55. The van der Waals surface area contributed by atoms with E-state index >= 15 is 0 Å². The second-order valence-electron chi connectivity index (χ2n) is 7.77. The smallest absolute Gasteiger partial charge is 0.265 e. The van der Waals surface area contributed by atoms with Gasteiger partial charge in [0.2, 0.25) is 0 Å². The van der Waals surface area contributed by atoms with Crippen molar-refractivity contribution < 1.29 is 17.9 Å². The van der Waals surface area contributed by atoms with Crippen molar-refractivity contribution in [3.8, 4) is 22.8 Å². The zero-order valence-corrected chi connectivity index (χ0v) is 19.7. The van der Waals surface area contributed by atoms with Gasteiger partial charge in [0.25, 0.3) is 10.0 Å². The fraction of sp³-hybridized carbons (Fsp3) is 0.304. The molecule has 2 aromatic carbocycles. The molecule has 0 radical (unpaired) electrons. The van der Waals surface area contributed by atoms with Crippen LogP contribution in [0.1, 0.15) is 0 Å². The molecule has 174 valence electrons. The number of hydrogen-bond acceptors (Lipinski definition) is 8.